The zero-order chi connectivity index (χ0) is 26.9. The summed E-state index contributed by atoms with van der Waals surface area (Å²) >= 11 is 18.4. The topological polar surface area (TPSA) is 98.2 Å². The van der Waals surface area contributed by atoms with Crippen LogP contribution in [0.2, 0.25) is 15.1 Å². The molecule has 12 heteroatoms. The van der Waals surface area contributed by atoms with Gasteiger partial charge in [-0.25, -0.2) is 17.5 Å². The first-order chi connectivity index (χ1) is 17.5. The lowest BCUT2D eigenvalue weighted by atomic mass is 9.85. The highest BCUT2D eigenvalue weighted by molar-refractivity contribution is 7.89. The molecule has 0 bridgehead atoms. The van der Waals surface area contributed by atoms with Crippen molar-refractivity contribution >= 4 is 56.8 Å². The molecule has 0 unspecified atom stereocenters. The molecule has 8 nitrogen and oxygen atoms in total. The maximum Gasteiger partial charge on any atom is 0.407 e. The first-order valence-electron chi connectivity index (χ1n) is 11.9. The van der Waals surface area contributed by atoms with Crippen LogP contribution in [0.5, 0.6) is 0 Å². The number of likely N-dealkylation sites (N-methyl/N-ethyl adjacent to an activating group) is 1. The van der Waals surface area contributed by atoms with Crippen molar-refractivity contribution < 1.29 is 23.1 Å². The molecule has 0 saturated carbocycles. The van der Waals surface area contributed by atoms with Crippen LogP contribution in [-0.2, 0) is 10.0 Å². The summed E-state index contributed by atoms with van der Waals surface area (Å²) in [6.45, 7) is 0.791. The van der Waals surface area contributed by atoms with Crippen LogP contribution in [-0.4, -0.2) is 84.1 Å². The van der Waals surface area contributed by atoms with Crippen LogP contribution in [0.1, 0.15) is 41.1 Å². The molecule has 4 rings (SSSR count). The summed E-state index contributed by atoms with van der Waals surface area (Å²) < 4.78 is 28.7. The molecule has 2 saturated heterocycles. The number of piperidine rings is 2. The minimum Gasteiger partial charge on any atom is -0.465 e. The smallest absolute Gasteiger partial charge is 0.407 e. The maximum absolute atomic E-state index is 13.6. The SMILES string of the molecule is CN(C(=O)c1ccc(Cl)cc1)[C@@H]1CCN(S(=O)(=O)C2CCN(C(=O)O)CC2)C[C@H]1c1ccc(Cl)c(Cl)c1. The second-order valence-corrected chi connectivity index (χ2v) is 12.9. The van der Waals surface area contributed by atoms with Crippen molar-refractivity contribution in [2.75, 3.05) is 33.2 Å². The Hall–Kier alpha value is -2.04. The summed E-state index contributed by atoms with van der Waals surface area (Å²) in [5.74, 6) is -0.539. The zero-order valence-electron chi connectivity index (χ0n) is 20.2. The third-order valence-electron chi connectivity index (χ3n) is 7.31. The highest BCUT2D eigenvalue weighted by Gasteiger charge is 2.42. The number of nitrogens with zero attached hydrogens (tertiary/aromatic N) is 3. The number of sulfonamides is 1. The molecule has 0 aliphatic carbocycles. The normalized spacial score (nSPS) is 21.6. The predicted octanol–water partition coefficient (Wildman–Crippen LogP) is 5.05. The lowest BCUT2D eigenvalue weighted by Crippen LogP contribution is -2.54. The largest absolute Gasteiger partial charge is 0.465 e. The number of likely N-dealkylation sites (tertiary alicyclic amines) is 1. The number of benzene rings is 2. The van der Waals surface area contributed by atoms with E-state index in [1.165, 1.54) is 9.21 Å². The van der Waals surface area contributed by atoms with Gasteiger partial charge in [0.25, 0.3) is 5.91 Å². The Kier molecular flexibility index (Phi) is 8.60. The van der Waals surface area contributed by atoms with Gasteiger partial charge in [0, 0.05) is 55.8 Å². The third-order valence-corrected chi connectivity index (χ3v) is 10.7. The van der Waals surface area contributed by atoms with E-state index in [1.807, 2.05) is 6.07 Å². The zero-order valence-corrected chi connectivity index (χ0v) is 23.3. The van der Waals surface area contributed by atoms with E-state index in [9.17, 15) is 23.1 Å². The number of hydrogen-bond acceptors (Lipinski definition) is 4. The molecule has 2 aliphatic rings. The number of halogens is 3. The molecule has 200 valence electrons. The van der Waals surface area contributed by atoms with Crippen molar-refractivity contribution in [2.45, 2.75) is 36.5 Å². The minimum atomic E-state index is -3.68. The van der Waals surface area contributed by atoms with Crippen molar-refractivity contribution in [3.05, 3.63) is 68.7 Å². The van der Waals surface area contributed by atoms with Crippen LogP contribution in [0.25, 0.3) is 0 Å². The molecular formula is C25H28Cl3N3O5S. The summed E-state index contributed by atoms with van der Waals surface area (Å²) in [7, 11) is -1.96. The molecule has 37 heavy (non-hydrogen) atoms. The highest BCUT2D eigenvalue weighted by Crippen LogP contribution is 2.36. The number of hydrogen-bond donors (Lipinski definition) is 1. The number of carbonyl (C=O) groups excluding carboxylic acids is 1. The van der Waals surface area contributed by atoms with Crippen LogP contribution in [0.4, 0.5) is 4.79 Å². The van der Waals surface area contributed by atoms with E-state index in [4.69, 9.17) is 34.8 Å². The molecule has 2 aromatic rings. The fourth-order valence-electron chi connectivity index (χ4n) is 5.18. The summed E-state index contributed by atoms with van der Waals surface area (Å²) in [5, 5.41) is 9.83. The van der Waals surface area contributed by atoms with Gasteiger partial charge in [-0.2, -0.15) is 0 Å². The van der Waals surface area contributed by atoms with Gasteiger partial charge in [-0.15, -0.1) is 0 Å². The molecule has 2 atom stereocenters. The predicted molar refractivity (Wildman–Crippen MR) is 144 cm³/mol. The van der Waals surface area contributed by atoms with E-state index in [2.05, 4.69) is 0 Å². The molecular weight excluding hydrogens is 561 g/mol. The van der Waals surface area contributed by atoms with Gasteiger partial charge in [0.2, 0.25) is 10.0 Å². The van der Waals surface area contributed by atoms with Crippen molar-refractivity contribution in [3.8, 4) is 0 Å². The highest BCUT2D eigenvalue weighted by atomic mass is 35.5. The van der Waals surface area contributed by atoms with Crippen LogP contribution in [0, 0.1) is 0 Å². The number of rotatable bonds is 5. The fourth-order valence-corrected chi connectivity index (χ4v) is 7.57. The first-order valence-corrected chi connectivity index (χ1v) is 14.6. The van der Waals surface area contributed by atoms with Crippen LogP contribution in [0.3, 0.4) is 0 Å². The monoisotopic (exact) mass is 587 g/mol. The number of carboxylic acid groups (broad SMARTS) is 1. The van der Waals surface area contributed by atoms with E-state index in [0.717, 1.165) is 5.56 Å². The Morgan fingerprint density at radius 2 is 1.59 bits per heavy atom. The number of carbonyl (C=O) groups is 2. The van der Waals surface area contributed by atoms with E-state index in [0.29, 0.717) is 27.1 Å². The van der Waals surface area contributed by atoms with Gasteiger partial charge in [0.15, 0.2) is 0 Å². The molecule has 0 aromatic heterocycles. The lowest BCUT2D eigenvalue weighted by molar-refractivity contribution is 0.0647. The fraction of sp³-hybridized carbons (Fsp3) is 0.440. The van der Waals surface area contributed by atoms with Crippen LogP contribution >= 0.6 is 34.8 Å². The third kappa shape index (κ3) is 6.01. The van der Waals surface area contributed by atoms with Gasteiger partial charge < -0.3 is 14.9 Å². The van der Waals surface area contributed by atoms with E-state index in [-0.39, 0.29) is 56.9 Å². The molecule has 0 spiro atoms. The molecule has 2 heterocycles. The average molecular weight is 589 g/mol. The Bertz CT molecular complexity index is 1270. The molecule has 2 aliphatic heterocycles. The number of amides is 2. The Morgan fingerprint density at radius 3 is 2.19 bits per heavy atom. The summed E-state index contributed by atoms with van der Waals surface area (Å²) in [6.07, 6.45) is -0.111. The van der Waals surface area contributed by atoms with Gasteiger partial charge >= 0.3 is 6.09 Å². The minimum absolute atomic E-state index is 0.169. The van der Waals surface area contributed by atoms with Gasteiger partial charge in [-0.3, -0.25) is 4.79 Å². The van der Waals surface area contributed by atoms with Crippen molar-refractivity contribution in [1.29, 1.82) is 0 Å². The summed E-state index contributed by atoms with van der Waals surface area (Å²) in [6, 6.07) is 11.6. The van der Waals surface area contributed by atoms with Crippen molar-refractivity contribution in [1.82, 2.24) is 14.1 Å². The van der Waals surface area contributed by atoms with Gasteiger partial charge in [-0.1, -0.05) is 40.9 Å². The molecule has 2 aromatic carbocycles. The Morgan fingerprint density at radius 1 is 0.946 bits per heavy atom. The van der Waals surface area contributed by atoms with Crippen LogP contribution in [0.15, 0.2) is 42.5 Å². The molecule has 1 N–H and O–H groups in total. The molecule has 2 amide bonds. The quantitative estimate of drug-likeness (QED) is 0.527. The average Bonchev–Trinajstić information content (AvgIpc) is 2.89. The van der Waals surface area contributed by atoms with Gasteiger partial charge in [0.1, 0.15) is 0 Å². The standard InChI is InChI=1S/C25H28Cl3N3O5S/c1-29(24(32)16-2-5-18(26)6-3-16)23-10-13-31(15-20(23)17-4-7-21(27)22(28)14-17)37(35,36)19-8-11-30(12-9-19)25(33)34/h2-7,14,19-20,23H,8-13,15H2,1H3,(H,33,34)/t20-,23+/m0/s1. The molecule has 2 fully saturated rings. The summed E-state index contributed by atoms with van der Waals surface area (Å²) in [5.41, 5.74) is 1.27. The Balaban J connectivity index is 1.60. The van der Waals surface area contributed by atoms with Crippen molar-refractivity contribution in [3.63, 3.8) is 0 Å². The second kappa shape index (κ2) is 11.4. The maximum atomic E-state index is 13.6. The van der Waals surface area contributed by atoms with Crippen LogP contribution < -0.4 is 0 Å². The second-order valence-electron chi connectivity index (χ2n) is 9.43. The van der Waals surface area contributed by atoms with E-state index >= 15 is 0 Å². The molecule has 0 radical (unpaired) electrons. The Labute approximate surface area is 231 Å². The lowest BCUT2D eigenvalue weighted by Gasteiger charge is -2.44. The van der Waals surface area contributed by atoms with Crippen molar-refractivity contribution in [2.24, 2.45) is 0 Å². The van der Waals surface area contributed by atoms with E-state index < -0.39 is 21.4 Å². The first kappa shape index (κ1) is 28.0. The van der Waals surface area contributed by atoms with Gasteiger partial charge in [0.05, 0.1) is 15.3 Å². The van der Waals surface area contributed by atoms with E-state index in [1.54, 1.807) is 48.3 Å². The van der Waals surface area contributed by atoms with Gasteiger partial charge in [-0.05, 0) is 61.2 Å². The summed E-state index contributed by atoms with van der Waals surface area (Å²) in [4.78, 5) is 27.5.